The first kappa shape index (κ1) is 25.0. The van der Waals surface area contributed by atoms with E-state index in [2.05, 4.69) is 37.3 Å². The van der Waals surface area contributed by atoms with Crippen molar-refractivity contribution < 1.29 is 18.4 Å². The van der Waals surface area contributed by atoms with Gasteiger partial charge in [0.25, 0.3) is 0 Å². The highest BCUT2D eigenvalue weighted by Gasteiger charge is 2.47. The molecule has 3 nitrogen and oxygen atoms in total. The predicted molar refractivity (Wildman–Crippen MR) is 137 cm³/mol. The Balaban J connectivity index is 1.54. The maximum atomic E-state index is 14.2. The minimum Gasteiger partial charge on any atom is -0.312 e. The highest BCUT2D eigenvalue weighted by atomic mass is 19.3. The highest BCUT2D eigenvalue weighted by molar-refractivity contribution is 5.97. The highest BCUT2D eigenvalue weighted by Crippen LogP contribution is 2.36. The zero-order valence-electron chi connectivity index (χ0n) is 20.3. The fraction of sp³-hybridized carbons (Fsp3) is 0.400. The molecule has 1 atom stereocenters. The summed E-state index contributed by atoms with van der Waals surface area (Å²) in [7, 11) is 0. The van der Waals surface area contributed by atoms with Crippen molar-refractivity contribution in [3.8, 4) is 0 Å². The molecule has 0 aliphatic heterocycles. The van der Waals surface area contributed by atoms with Gasteiger partial charge in [0.15, 0.2) is 0 Å². The van der Waals surface area contributed by atoms with Crippen molar-refractivity contribution in [3.63, 3.8) is 0 Å². The monoisotopic (exact) mass is 477 g/mol. The van der Waals surface area contributed by atoms with Crippen molar-refractivity contribution in [2.75, 3.05) is 11.4 Å². The van der Waals surface area contributed by atoms with Gasteiger partial charge in [-0.15, -0.1) is 0 Å². The molecule has 184 valence electrons. The number of hydrogen-bond acceptors (Lipinski definition) is 2. The molecule has 1 amide bonds. The van der Waals surface area contributed by atoms with E-state index >= 15 is 0 Å². The Morgan fingerprint density at radius 3 is 2.37 bits per heavy atom. The van der Waals surface area contributed by atoms with Gasteiger partial charge in [0.1, 0.15) is 0 Å². The summed E-state index contributed by atoms with van der Waals surface area (Å²) < 4.78 is 28.3. The molecule has 3 aromatic carbocycles. The van der Waals surface area contributed by atoms with Crippen LogP contribution in [0.3, 0.4) is 0 Å². The van der Waals surface area contributed by atoms with Crippen molar-refractivity contribution in [1.82, 2.24) is 0 Å². The molecular formula is C30H33F2NO2. The van der Waals surface area contributed by atoms with Crippen LogP contribution in [0, 0.1) is 5.92 Å². The molecule has 35 heavy (non-hydrogen) atoms. The molecule has 1 aliphatic rings. The van der Waals surface area contributed by atoms with E-state index in [0.29, 0.717) is 13.0 Å². The molecule has 0 spiro atoms. The molecule has 0 aromatic heterocycles. The Labute approximate surface area is 206 Å². The Hall–Kier alpha value is -3.08. The summed E-state index contributed by atoms with van der Waals surface area (Å²) in [4.78, 5) is 26.8. The first-order valence-electron chi connectivity index (χ1n) is 12.7. The molecular weight excluding hydrogens is 444 g/mol. The maximum Gasteiger partial charge on any atom is 0.306 e. The molecule has 3 aromatic rings. The molecule has 0 heterocycles. The van der Waals surface area contributed by atoms with E-state index in [4.69, 9.17) is 0 Å². The third-order valence-corrected chi connectivity index (χ3v) is 7.00. The van der Waals surface area contributed by atoms with Crippen LogP contribution in [-0.4, -0.2) is 24.2 Å². The van der Waals surface area contributed by atoms with E-state index < -0.39 is 24.0 Å². The van der Waals surface area contributed by atoms with E-state index in [1.165, 1.54) is 12.0 Å². The number of carbonyl (C=O) groups is 2. The van der Waals surface area contributed by atoms with Gasteiger partial charge in [-0.05, 0) is 59.7 Å². The van der Waals surface area contributed by atoms with Gasteiger partial charge in [-0.2, -0.15) is 8.78 Å². The van der Waals surface area contributed by atoms with Crippen LogP contribution in [0.4, 0.5) is 14.5 Å². The van der Waals surface area contributed by atoms with Crippen molar-refractivity contribution in [3.05, 3.63) is 77.9 Å². The number of anilines is 1. The van der Waals surface area contributed by atoms with Gasteiger partial charge in [-0.3, -0.25) is 9.59 Å². The summed E-state index contributed by atoms with van der Waals surface area (Å²) in [5.41, 5.74) is 3.01. The number of nitrogens with zero attached hydrogens (tertiary/aromatic N) is 1. The van der Waals surface area contributed by atoms with E-state index in [-0.39, 0.29) is 18.7 Å². The third kappa shape index (κ3) is 6.14. The smallest absolute Gasteiger partial charge is 0.306 e. The van der Waals surface area contributed by atoms with Crippen LogP contribution in [-0.2, 0) is 22.4 Å². The molecule has 0 saturated heterocycles. The zero-order chi connectivity index (χ0) is 24.8. The summed E-state index contributed by atoms with van der Waals surface area (Å²) in [6.07, 6.45) is 4.26. The normalized spacial score (nSPS) is 17.5. The molecule has 0 radical (unpaired) electrons. The van der Waals surface area contributed by atoms with Crippen molar-refractivity contribution >= 4 is 28.2 Å². The lowest BCUT2D eigenvalue weighted by atomic mass is 9.84. The minimum atomic E-state index is -3.42. The van der Waals surface area contributed by atoms with Crippen LogP contribution in [0.5, 0.6) is 0 Å². The third-order valence-electron chi connectivity index (χ3n) is 7.00. The number of ketones is 1. The molecule has 0 bridgehead atoms. The molecule has 5 heteroatoms. The summed E-state index contributed by atoms with van der Waals surface area (Å²) in [6.45, 7) is 2.56. The van der Waals surface area contributed by atoms with Gasteiger partial charge in [0.2, 0.25) is 11.7 Å². The van der Waals surface area contributed by atoms with E-state index in [0.717, 1.165) is 41.3 Å². The van der Waals surface area contributed by atoms with Crippen LogP contribution in [0.1, 0.15) is 56.6 Å². The van der Waals surface area contributed by atoms with E-state index in [1.54, 1.807) is 4.90 Å². The molecule has 4 rings (SSSR count). The van der Waals surface area contributed by atoms with Gasteiger partial charge in [-0.1, -0.05) is 74.4 Å². The number of halogens is 2. The standard InChI is InChI=1S/C30H33F2NO2/c1-2-3-4-7-22-11-15-27(16-12-22)33(29(35)26-14-17-28(34)30(31,32)21-26)19-18-23-10-13-24-8-5-6-9-25(24)20-23/h5-6,8-13,15-16,20,26H,2-4,7,14,17-19,21H2,1H3. The lowest BCUT2D eigenvalue weighted by molar-refractivity contribution is -0.152. The lowest BCUT2D eigenvalue weighted by Gasteiger charge is -2.32. The second-order valence-electron chi connectivity index (χ2n) is 9.61. The number of fused-ring (bicyclic) bond motifs is 1. The van der Waals surface area contributed by atoms with Crippen molar-refractivity contribution in [2.24, 2.45) is 5.92 Å². The summed E-state index contributed by atoms with van der Waals surface area (Å²) in [5, 5.41) is 2.28. The van der Waals surface area contributed by atoms with E-state index in [9.17, 15) is 18.4 Å². The number of benzene rings is 3. The Kier molecular flexibility index (Phi) is 7.94. The fourth-order valence-electron chi connectivity index (χ4n) is 4.87. The number of Topliss-reactive ketones (excluding diaryl/α,β-unsaturated/α-hetero) is 1. The number of unbranched alkanes of at least 4 members (excludes halogenated alkanes) is 2. The minimum absolute atomic E-state index is 0.175. The molecule has 1 saturated carbocycles. The number of hydrogen-bond donors (Lipinski definition) is 0. The number of amides is 1. The summed E-state index contributed by atoms with van der Waals surface area (Å²) in [6, 6.07) is 22.2. The predicted octanol–water partition coefficient (Wildman–Crippen LogP) is 7.15. The Morgan fingerprint density at radius 1 is 0.943 bits per heavy atom. The molecule has 1 aliphatic carbocycles. The van der Waals surface area contributed by atoms with Gasteiger partial charge >= 0.3 is 5.92 Å². The van der Waals surface area contributed by atoms with Crippen molar-refractivity contribution in [1.29, 1.82) is 0 Å². The second-order valence-corrected chi connectivity index (χ2v) is 9.61. The van der Waals surface area contributed by atoms with Crippen LogP contribution in [0.2, 0.25) is 0 Å². The van der Waals surface area contributed by atoms with Gasteiger partial charge in [-0.25, -0.2) is 0 Å². The Bertz CT molecular complexity index is 1170. The van der Waals surface area contributed by atoms with Crippen LogP contribution in [0.15, 0.2) is 66.7 Å². The summed E-state index contributed by atoms with van der Waals surface area (Å²) in [5.74, 6) is -5.66. The largest absolute Gasteiger partial charge is 0.312 e. The van der Waals surface area contributed by atoms with E-state index in [1.807, 2.05) is 36.4 Å². The number of carbonyl (C=O) groups excluding carboxylic acids is 2. The van der Waals surface area contributed by atoms with Crippen LogP contribution >= 0.6 is 0 Å². The van der Waals surface area contributed by atoms with Gasteiger partial charge in [0, 0.05) is 31.0 Å². The van der Waals surface area contributed by atoms with Crippen LogP contribution in [0.25, 0.3) is 10.8 Å². The number of alkyl halides is 2. The van der Waals surface area contributed by atoms with Gasteiger partial charge in [0.05, 0.1) is 0 Å². The quantitative estimate of drug-likeness (QED) is 0.307. The SMILES string of the molecule is CCCCCc1ccc(N(CCc2ccc3ccccc3c2)C(=O)C2CCC(=O)C(F)(F)C2)cc1. The van der Waals surface area contributed by atoms with Crippen LogP contribution < -0.4 is 4.90 Å². The zero-order valence-corrected chi connectivity index (χ0v) is 20.3. The first-order chi connectivity index (χ1) is 16.9. The average Bonchev–Trinajstić information content (AvgIpc) is 2.86. The summed E-state index contributed by atoms with van der Waals surface area (Å²) >= 11 is 0. The maximum absolute atomic E-state index is 14.2. The van der Waals surface area contributed by atoms with Crippen molar-refractivity contribution in [2.45, 2.75) is 64.2 Å². The molecule has 0 N–H and O–H groups in total. The van der Waals surface area contributed by atoms with Gasteiger partial charge < -0.3 is 4.90 Å². The molecule has 1 unspecified atom stereocenters. The Morgan fingerprint density at radius 2 is 1.66 bits per heavy atom. The molecule has 1 fully saturated rings. The number of aryl methyl sites for hydroxylation is 1. The number of rotatable bonds is 9. The fourth-order valence-corrected chi connectivity index (χ4v) is 4.87. The average molecular weight is 478 g/mol. The lowest BCUT2D eigenvalue weighted by Crippen LogP contribution is -2.44. The topological polar surface area (TPSA) is 37.4 Å². The second kappa shape index (κ2) is 11.1. The first-order valence-corrected chi connectivity index (χ1v) is 12.7.